The third-order valence-corrected chi connectivity index (χ3v) is 28.6. The lowest BCUT2D eigenvalue weighted by molar-refractivity contribution is 0.415. The van der Waals surface area contributed by atoms with Crippen molar-refractivity contribution in [1.82, 2.24) is 8.88 Å². The molecule has 0 radical (unpaired) electrons. The standard InChI is InChI=1S/C68H76N2O2P4/c1-7-9-44-69(75-65(53-27-15-11-16-28-53)42-43-66(75)54-29-17-12-18-30-54)73(59-37-23-26-51(3)46-59)62-40-41-63(52(4)47-62)64-50-67(55-31-19-13-20-32-55)76(68(64)56-33-21-14-22-34-56)70(45-10-8-2)74(60-38-24-35-57(48-60)71-5)61-39-25-36-58(49-61)72-6/h11-41,46-49,64-68H,7-10,42-45,50H2,1-6H3/t64?,65-,66-,67-,68+,73?,76?/m0/s1. The average molecular weight is 1080 g/mol. The zero-order valence-electron chi connectivity index (χ0n) is 45.5. The first-order chi connectivity index (χ1) is 37.4. The number of benzene rings is 8. The second-order valence-corrected chi connectivity index (χ2v) is 30.4. The zero-order valence-corrected chi connectivity index (χ0v) is 49.0. The van der Waals surface area contributed by atoms with Gasteiger partial charge in [0.1, 0.15) is 11.5 Å². The summed E-state index contributed by atoms with van der Waals surface area (Å²) in [6.07, 6.45) is 8.09. The number of hydrogen-bond acceptors (Lipinski definition) is 4. The number of unbranched alkanes of at least 4 members (excludes halogenated alkanes) is 2. The minimum absolute atomic E-state index is 0.281. The first-order valence-electron chi connectivity index (χ1n) is 27.8. The van der Waals surface area contributed by atoms with E-state index in [0.717, 1.165) is 43.9 Å². The molecule has 7 atom stereocenters. The molecular formula is C68H76N2O2P4. The molecule has 0 aromatic heterocycles. The SMILES string of the molecule is CCCCN(P(c1cccc(OC)c1)c1cccc(OC)c1)P1[C@H](c2ccccc2)C(c2ccc(P(c3cccc(C)c3)N(CCCC)P3[C@H](c4ccccc4)CC[C@H]3c3ccccc3)cc2C)C[C@H]1c1ccccc1. The molecule has 4 nitrogen and oxygen atoms in total. The quantitative estimate of drug-likeness (QED) is 0.0670. The van der Waals surface area contributed by atoms with E-state index < -0.39 is 32.3 Å². The first-order valence-corrected chi connectivity index (χ1v) is 33.2. The Morgan fingerprint density at radius 2 is 0.882 bits per heavy atom. The van der Waals surface area contributed by atoms with E-state index in [9.17, 15) is 0 Å². The molecule has 0 N–H and O–H groups in total. The average Bonchev–Trinajstić information content (AvgIpc) is 4.10. The van der Waals surface area contributed by atoms with Crippen molar-refractivity contribution < 1.29 is 9.47 Å². The van der Waals surface area contributed by atoms with E-state index in [1.165, 1.54) is 85.8 Å². The summed E-state index contributed by atoms with van der Waals surface area (Å²) in [7, 11) is 0.233. The van der Waals surface area contributed by atoms with Crippen LogP contribution in [0.15, 0.2) is 212 Å². The summed E-state index contributed by atoms with van der Waals surface area (Å²) in [5.74, 6) is 2.10. The van der Waals surface area contributed by atoms with Gasteiger partial charge in [-0.1, -0.05) is 208 Å². The Balaban J connectivity index is 1.14. The van der Waals surface area contributed by atoms with E-state index in [1.54, 1.807) is 14.2 Å². The van der Waals surface area contributed by atoms with Crippen molar-refractivity contribution in [3.63, 3.8) is 0 Å². The Morgan fingerprint density at radius 1 is 0.447 bits per heavy atom. The summed E-state index contributed by atoms with van der Waals surface area (Å²) in [4.78, 5) is 0. The third kappa shape index (κ3) is 12.0. The molecule has 76 heavy (non-hydrogen) atoms. The van der Waals surface area contributed by atoms with Crippen LogP contribution < -0.4 is 30.7 Å². The van der Waals surface area contributed by atoms with Crippen LogP contribution in [-0.2, 0) is 0 Å². The minimum Gasteiger partial charge on any atom is -0.497 e. The van der Waals surface area contributed by atoms with E-state index >= 15 is 0 Å². The largest absolute Gasteiger partial charge is 0.497 e. The molecule has 0 saturated carbocycles. The Morgan fingerprint density at radius 3 is 1.34 bits per heavy atom. The van der Waals surface area contributed by atoms with Crippen molar-refractivity contribution in [2.24, 2.45) is 0 Å². The topological polar surface area (TPSA) is 24.9 Å². The lowest BCUT2D eigenvalue weighted by Gasteiger charge is -2.43. The molecule has 2 fully saturated rings. The normalized spacial score (nSPS) is 20.1. The molecule has 3 unspecified atom stereocenters. The van der Waals surface area contributed by atoms with Crippen molar-refractivity contribution in [2.45, 2.75) is 101 Å². The van der Waals surface area contributed by atoms with Gasteiger partial charge in [-0.3, -0.25) is 8.88 Å². The fourth-order valence-electron chi connectivity index (χ4n) is 12.1. The fourth-order valence-corrected chi connectivity index (χ4v) is 27.5. The molecule has 2 aliphatic heterocycles. The Hall–Kier alpha value is -5.00. The summed E-state index contributed by atoms with van der Waals surface area (Å²) >= 11 is 0. The molecule has 2 heterocycles. The van der Waals surface area contributed by atoms with E-state index in [0.29, 0.717) is 22.9 Å². The molecule has 0 amide bonds. The maximum Gasteiger partial charge on any atom is 0.119 e. The summed E-state index contributed by atoms with van der Waals surface area (Å²) in [5.41, 5.74) is 11.8. The number of methoxy groups -OCH3 is 2. The predicted molar refractivity (Wildman–Crippen MR) is 331 cm³/mol. The van der Waals surface area contributed by atoms with Crippen LogP contribution in [0, 0.1) is 13.8 Å². The molecule has 2 aliphatic rings. The highest BCUT2D eigenvalue weighted by Crippen LogP contribution is 2.80. The number of rotatable bonds is 21. The van der Waals surface area contributed by atoms with Crippen LogP contribution in [0.3, 0.4) is 0 Å². The van der Waals surface area contributed by atoms with Gasteiger partial charge in [-0.05, 0) is 159 Å². The van der Waals surface area contributed by atoms with Gasteiger partial charge in [0.25, 0.3) is 0 Å². The van der Waals surface area contributed by atoms with Gasteiger partial charge in [0.2, 0.25) is 0 Å². The monoisotopic (exact) mass is 1080 g/mol. The minimum atomic E-state index is -1.01. The van der Waals surface area contributed by atoms with Gasteiger partial charge in [0.05, 0.1) is 14.2 Å². The van der Waals surface area contributed by atoms with Crippen LogP contribution >= 0.6 is 32.3 Å². The molecule has 8 aromatic rings. The van der Waals surface area contributed by atoms with E-state index in [-0.39, 0.29) is 5.66 Å². The van der Waals surface area contributed by atoms with Gasteiger partial charge < -0.3 is 9.47 Å². The lowest BCUT2D eigenvalue weighted by Crippen LogP contribution is -2.28. The molecular weight excluding hydrogens is 1000 g/mol. The van der Waals surface area contributed by atoms with Gasteiger partial charge in [-0.2, -0.15) is 0 Å². The molecule has 0 bridgehead atoms. The molecule has 0 spiro atoms. The van der Waals surface area contributed by atoms with Gasteiger partial charge >= 0.3 is 0 Å². The van der Waals surface area contributed by atoms with Gasteiger partial charge in [-0.25, -0.2) is 0 Å². The fraction of sp³-hybridized carbons (Fsp3) is 0.294. The van der Waals surface area contributed by atoms with E-state index in [1.807, 2.05) is 0 Å². The number of aryl methyl sites for hydroxylation is 2. The van der Waals surface area contributed by atoms with Crippen LogP contribution in [0.2, 0.25) is 0 Å². The van der Waals surface area contributed by atoms with Gasteiger partial charge in [0, 0.05) is 51.9 Å². The summed E-state index contributed by atoms with van der Waals surface area (Å²) in [6.45, 7) is 11.6. The Kier molecular flexibility index (Phi) is 18.7. The maximum atomic E-state index is 5.99. The highest BCUT2D eigenvalue weighted by molar-refractivity contribution is 7.80. The maximum absolute atomic E-state index is 5.99. The van der Waals surface area contributed by atoms with Crippen molar-refractivity contribution >= 4 is 53.5 Å². The number of nitrogens with zero attached hydrogens (tertiary/aromatic N) is 2. The molecule has 8 aromatic carbocycles. The first kappa shape index (κ1) is 54.4. The lowest BCUT2D eigenvalue weighted by atomic mass is 9.85. The van der Waals surface area contributed by atoms with Gasteiger partial charge in [0.15, 0.2) is 0 Å². The van der Waals surface area contributed by atoms with Crippen LogP contribution in [-0.4, -0.2) is 36.2 Å². The van der Waals surface area contributed by atoms with Gasteiger partial charge in [-0.15, -0.1) is 0 Å². The molecule has 2 saturated heterocycles. The van der Waals surface area contributed by atoms with E-state index in [2.05, 4.69) is 249 Å². The number of hydrogen-bond donors (Lipinski definition) is 0. The molecule has 390 valence electrons. The Bertz CT molecular complexity index is 2990. The number of ether oxygens (including phenoxy) is 2. The van der Waals surface area contributed by atoms with Crippen molar-refractivity contribution in [1.29, 1.82) is 0 Å². The highest BCUT2D eigenvalue weighted by Gasteiger charge is 2.50. The van der Waals surface area contributed by atoms with Crippen molar-refractivity contribution in [2.75, 3.05) is 27.3 Å². The second kappa shape index (κ2) is 26.1. The molecule has 10 rings (SSSR count). The van der Waals surface area contributed by atoms with Crippen molar-refractivity contribution in [3.8, 4) is 11.5 Å². The predicted octanol–water partition coefficient (Wildman–Crippen LogP) is 18.0. The summed E-state index contributed by atoms with van der Waals surface area (Å²) in [6, 6.07) is 81.7. The smallest absolute Gasteiger partial charge is 0.119 e. The van der Waals surface area contributed by atoms with Crippen LogP contribution in [0.4, 0.5) is 0 Å². The third-order valence-electron chi connectivity index (χ3n) is 15.7. The second-order valence-electron chi connectivity index (χ2n) is 20.6. The summed E-state index contributed by atoms with van der Waals surface area (Å²) in [5, 5.41) is 5.57. The van der Waals surface area contributed by atoms with E-state index in [4.69, 9.17) is 9.47 Å². The van der Waals surface area contributed by atoms with Crippen LogP contribution in [0.5, 0.6) is 11.5 Å². The molecule has 0 aliphatic carbocycles. The highest BCUT2D eigenvalue weighted by atomic mass is 31.2. The Labute approximate surface area is 460 Å². The zero-order chi connectivity index (χ0) is 52.4. The van der Waals surface area contributed by atoms with Crippen LogP contribution in [0.25, 0.3) is 0 Å². The summed E-state index contributed by atoms with van der Waals surface area (Å²) < 4.78 is 18.1. The molecule has 8 heteroatoms. The van der Waals surface area contributed by atoms with Crippen LogP contribution in [0.1, 0.15) is 126 Å². The van der Waals surface area contributed by atoms with Crippen molar-refractivity contribution in [3.05, 3.63) is 251 Å².